The summed E-state index contributed by atoms with van der Waals surface area (Å²) >= 11 is 0. The normalized spacial score (nSPS) is 18.0. The lowest BCUT2D eigenvalue weighted by atomic mass is 10.1. The number of anilines is 1. The van der Waals surface area contributed by atoms with E-state index < -0.39 is 10.0 Å². The van der Waals surface area contributed by atoms with Crippen LogP contribution in [0.3, 0.4) is 0 Å². The monoisotopic (exact) mass is 311 g/mol. The number of nitrogens with one attached hydrogen (secondary N) is 2. The first-order chi connectivity index (χ1) is 9.94. The Bertz CT molecular complexity index is 654. The van der Waals surface area contributed by atoms with Crippen LogP contribution in [0.4, 0.5) is 5.69 Å². The van der Waals surface area contributed by atoms with Gasteiger partial charge in [-0.05, 0) is 44.4 Å². The lowest BCUT2D eigenvalue weighted by Gasteiger charge is -2.23. The molecule has 0 saturated carbocycles. The van der Waals surface area contributed by atoms with Crippen molar-refractivity contribution in [3.05, 3.63) is 23.3 Å². The molecule has 1 aromatic rings. The quantitative estimate of drug-likeness (QED) is 0.813. The molecule has 1 aromatic carbocycles. The van der Waals surface area contributed by atoms with Crippen LogP contribution in [0.5, 0.6) is 0 Å². The minimum Gasteiger partial charge on any atom is -0.382 e. The molecule has 2 rings (SSSR count). The molecule has 0 saturated heterocycles. The van der Waals surface area contributed by atoms with Gasteiger partial charge in [0, 0.05) is 19.8 Å². The molecular weight excluding hydrogens is 290 g/mol. The number of sulfonamides is 1. The number of hydrogen-bond acceptors (Lipinski definition) is 4. The molecule has 1 aliphatic heterocycles. The topological polar surface area (TPSA) is 79.8 Å². The highest BCUT2D eigenvalue weighted by Gasteiger charge is 2.28. The van der Waals surface area contributed by atoms with E-state index >= 15 is 0 Å². The summed E-state index contributed by atoms with van der Waals surface area (Å²) in [5, 5.41) is 3.04. The van der Waals surface area contributed by atoms with E-state index in [0.717, 1.165) is 17.5 Å². The molecule has 0 aromatic heterocycles. The van der Waals surface area contributed by atoms with Crippen LogP contribution in [0.25, 0.3) is 0 Å². The van der Waals surface area contributed by atoms with Crippen LogP contribution < -0.4 is 10.0 Å². The summed E-state index contributed by atoms with van der Waals surface area (Å²) in [6, 6.07) is 3.67. The molecule has 1 aliphatic rings. The van der Waals surface area contributed by atoms with Gasteiger partial charge in [-0.1, -0.05) is 6.07 Å². The van der Waals surface area contributed by atoms with Crippen LogP contribution in [-0.2, 0) is 14.8 Å². The van der Waals surface area contributed by atoms with E-state index in [4.69, 9.17) is 4.74 Å². The van der Waals surface area contributed by atoms with Gasteiger partial charge in [0.15, 0.2) is 0 Å². The lowest BCUT2D eigenvalue weighted by Crippen LogP contribution is -2.41. The average molecular weight is 311 g/mol. The molecule has 7 heteroatoms. The van der Waals surface area contributed by atoms with Crippen molar-refractivity contribution in [3.8, 4) is 0 Å². The number of aryl methyl sites for hydroxylation is 2. The Labute approximate surface area is 125 Å². The Morgan fingerprint density at radius 3 is 2.76 bits per heavy atom. The van der Waals surface area contributed by atoms with Gasteiger partial charge in [-0.15, -0.1) is 0 Å². The fraction of sp³-hybridized carbons (Fsp3) is 0.500. The maximum Gasteiger partial charge on any atom is 0.266 e. The number of aliphatic imine (C=N–C) groups is 1. The van der Waals surface area contributed by atoms with Crippen molar-refractivity contribution < 1.29 is 13.2 Å². The van der Waals surface area contributed by atoms with Gasteiger partial charge in [0.2, 0.25) is 5.96 Å². The van der Waals surface area contributed by atoms with Crippen molar-refractivity contribution in [2.45, 2.75) is 32.1 Å². The fourth-order valence-corrected chi connectivity index (χ4v) is 3.66. The molecule has 1 heterocycles. The second-order valence-corrected chi connectivity index (χ2v) is 6.59. The minimum absolute atomic E-state index is 0.268. The van der Waals surface area contributed by atoms with Gasteiger partial charge in [0.1, 0.15) is 4.90 Å². The molecule has 0 radical (unpaired) electrons. The Hall–Kier alpha value is -1.60. The second kappa shape index (κ2) is 6.44. The first kappa shape index (κ1) is 15.8. The largest absolute Gasteiger partial charge is 0.382 e. The summed E-state index contributed by atoms with van der Waals surface area (Å²) in [6.07, 6.45) is 0.750. The van der Waals surface area contributed by atoms with Crippen LogP contribution in [0.2, 0.25) is 0 Å². The van der Waals surface area contributed by atoms with Crippen LogP contribution in [0.15, 0.2) is 22.0 Å². The molecule has 0 spiro atoms. The zero-order valence-corrected chi connectivity index (χ0v) is 13.4. The Kier molecular flexibility index (Phi) is 4.84. The molecule has 21 heavy (non-hydrogen) atoms. The van der Waals surface area contributed by atoms with Gasteiger partial charge < -0.3 is 10.1 Å². The molecule has 116 valence electrons. The maximum absolute atomic E-state index is 12.3. The SMILES string of the molecule is CCOCCCN=C1Nc2cc(C)cc(C)c2S(=O)(=O)N1. The highest BCUT2D eigenvalue weighted by molar-refractivity contribution is 7.90. The number of guanidine groups is 1. The van der Waals surface area contributed by atoms with E-state index in [1.165, 1.54) is 0 Å². The fourth-order valence-electron chi connectivity index (χ4n) is 2.31. The summed E-state index contributed by atoms with van der Waals surface area (Å²) in [4.78, 5) is 4.54. The first-order valence-corrected chi connectivity index (χ1v) is 8.45. The second-order valence-electron chi connectivity index (χ2n) is 4.97. The van der Waals surface area contributed by atoms with Crippen molar-refractivity contribution in [2.24, 2.45) is 4.99 Å². The third-order valence-corrected chi connectivity index (χ3v) is 4.63. The summed E-state index contributed by atoms with van der Waals surface area (Å²) in [7, 11) is -3.56. The van der Waals surface area contributed by atoms with Crippen LogP contribution >= 0.6 is 0 Å². The van der Waals surface area contributed by atoms with Crippen molar-refractivity contribution in [1.29, 1.82) is 0 Å². The highest BCUT2D eigenvalue weighted by atomic mass is 32.2. The van der Waals surface area contributed by atoms with Gasteiger partial charge in [-0.3, -0.25) is 4.99 Å². The van der Waals surface area contributed by atoms with E-state index in [9.17, 15) is 8.42 Å². The number of fused-ring (bicyclic) bond motifs is 1. The summed E-state index contributed by atoms with van der Waals surface area (Å²) < 4.78 is 32.3. The summed E-state index contributed by atoms with van der Waals surface area (Å²) in [5.74, 6) is 0.268. The van der Waals surface area contributed by atoms with E-state index in [-0.39, 0.29) is 5.96 Å². The van der Waals surface area contributed by atoms with Gasteiger partial charge in [-0.2, -0.15) is 0 Å². The van der Waals surface area contributed by atoms with Gasteiger partial charge >= 0.3 is 0 Å². The van der Waals surface area contributed by atoms with Crippen LogP contribution in [0, 0.1) is 13.8 Å². The third kappa shape index (κ3) is 3.74. The van der Waals surface area contributed by atoms with Gasteiger partial charge in [0.25, 0.3) is 10.0 Å². The predicted molar refractivity (Wildman–Crippen MR) is 83.3 cm³/mol. The van der Waals surface area contributed by atoms with E-state index in [0.29, 0.717) is 30.3 Å². The molecule has 6 nitrogen and oxygen atoms in total. The maximum atomic E-state index is 12.3. The zero-order valence-electron chi connectivity index (χ0n) is 12.6. The number of hydrogen-bond donors (Lipinski definition) is 2. The average Bonchev–Trinajstić information content (AvgIpc) is 2.35. The van der Waals surface area contributed by atoms with Crippen molar-refractivity contribution >= 4 is 21.7 Å². The van der Waals surface area contributed by atoms with Crippen molar-refractivity contribution in [3.63, 3.8) is 0 Å². The van der Waals surface area contributed by atoms with Gasteiger partial charge in [0.05, 0.1) is 5.69 Å². The first-order valence-electron chi connectivity index (χ1n) is 6.97. The van der Waals surface area contributed by atoms with Crippen molar-refractivity contribution in [1.82, 2.24) is 4.72 Å². The molecule has 0 bridgehead atoms. The summed E-state index contributed by atoms with van der Waals surface area (Å²) in [5.41, 5.74) is 2.31. The molecule has 0 unspecified atom stereocenters. The molecule has 0 amide bonds. The van der Waals surface area contributed by atoms with Crippen LogP contribution in [0.1, 0.15) is 24.5 Å². The smallest absolute Gasteiger partial charge is 0.266 e. The standard InChI is InChI=1S/C14H21N3O3S/c1-4-20-7-5-6-15-14-16-12-9-10(2)8-11(3)13(12)21(18,19)17-14/h8-9H,4-7H2,1-3H3,(H2,15,16,17). The number of nitrogens with zero attached hydrogens (tertiary/aromatic N) is 1. The highest BCUT2D eigenvalue weighted by Crippen LogP contribution is 2.29. The van der Waals surface area contributed by atoms with Crippen molar-refractivity contribution in [2.75, 3.05) is 25.1 Å². The molecule has 0 aliphatic carbocycles. The van der Waals surface area contributed by atoms with Gasteiger partial charge in [-0.25, -0.2) is 13.1 Å². The Balaban J connectivity index is 2.19. The molecule has 0 atom stereocenters. The molecule has 2 N–H and O–H groups in total. The third-order valence-electron chi connectivity index (χ3n) is 3.09. The Morgan fingerprint density at radius 2 is 2.05 bits per heavy atom. The van der Waals surface area contributed by atoms with E-state index in [1.807, 2.05) is 26.0 Å². The lowest BCUT2D eigenvalue weighted by molar-refractivity contribution is 0.146. The minimum atomic E-state index is -3.56. The number of ether oxygens (including phenoxy) is 1. The molecular formula is C14H21N3O3S. The van der Waals surface area contributed by atoms with E-state index in [2.05, 4.69) is 15.0 Å². The predicted octanol–water partition coefficient (Wildman–Crippen LogP) is 1.79. The summed E-state index contributed by atoms with van der Waals surface area (Å²) in [6.45, 7) is 7.46. The van der Waals surface area contributed by atoms with E-state index in [1.54, 1.807) is 6.92 Å². The zero-order chi connectivity index (χ0) is 15.5. The number of benzene rings is 1. The number of rotatable bonds is 5. The Morgan fingerprint density at radius 1 is 1.29 bits per heavy atom. The molecule has 0 fully saturated rings. The van der Waals surface area contributed by atoms with Crippen LogP contribution in [-0.4, -0.2) is 34.1 Å².